The van der Waals surface area contributed by atoms with Crippen LogP contribution in [0.15, 0.2) is 21.5 Å². The first-order valence-corrected chi connectivity index (χ1v) is 7.85. The van der Waals surface area contributed by atoms with Crippen molar-refractivity contribution in [1.29, 1.82) is 0 Å². The summed E-state index contributed by atoms with van der Waals surface area (Å²) in [5, 5.41) is 3.97. The van der Waals surface area contributed by atoms with E-state index < -0.39 is 0 Å². The van der Waals surface area contributed by atoms with Crippen molar-refractivity contribution in [3.63, 3.8) is 0 Å². The van der Waals surface area contributed by atoms with Crippen LogP contribution in [0.1, 0.15) is 12.5 Å². The lowest BCUT2D eigenvalue weighted by Gasteiger charge is -2.32. The van der Waals surface area contributed by atoms with Gasteiger partial charge in [0.1, 0.15) is 12.1 Å². The van der Waals surface area contributed by atoms with Gasteiger partial charge >= 0.3 is 0 Å². The van der Waals surface area contributed by atoms with Gasteiger partial charge in [-0.1, -0.05) is 11.6 Å². The van der Waals surface area contributed by atoms with E-state index in [0.717, 1.165) is 30.7 Å². The largest absolute Gasteiger partial charge is 0.475 e. The minimum Gasteiger partial charge on any atom is -0.475 e. The molecule has 0 aliphatic carbocycles. The number of oxazole rings is 1. The number of nitrogens with one attached hydrogen (secondary N) is 1. The number of benzene rings is 1. The second kappa shape index (κ2) is 5.44. The van der Waals surface area contributed by atoms with E-state index in [1.807, 2.05) is 12.1 Å². The van der Waals surface area contributed by atoms with E-state index in [0.29, 0.717) is 41.7 Å². The number of anilines is 1. The highest BCUT2D eigenvalue weighted by Crippen LogP contribution is 2.30. The van der Waals surface area contributed by atoms with Crippen molar-refractivity contribution in [3.8, 4) is 0 Å². The minimum atomic E-state index is 0.334. The predicted molar refractivity (Wildman–Crippen MR) is 86.1 cm³/mol. The molecule has 0 saturated carbocycles. The molecule has 1 N–H and O–H groups in total. The third-order valence-electron chi connectivity index (χ3n) is 4.01. The second-order valence-corrected chi connectivity index (χ2v) is 6.02. The van der Waals surface area contributed by atoms with E-state index in [-0.39, 0.29) is 0 Å². The van der Waals surface area contributed by atoms with Crippen molar-refractivity contribution in [2.24, 2.45) is 4.99 Å². The molecule has 116 valence electrons. The lowest BCUT2D eigenvalue weighted by Crippen LogP contribution is -2.50. The molecular formula is C15H17ClN4O2. The third-order valence-corrected chi connectivity index (χ3v) is 4.22. The summed E-state index contributed by atoms with van der Waals surface area (Å²) >= 11 is 6.21. The van der Waals surface area contributed by atoms with Gasteiger partial charge in [0.15, 0.2) is 5.58 Å². The monoisotopic (exact) mass is 320 g/mol. The van der Waals surface area contributed by atoms with E-state index in [4.69, 9.17) is 20.8 Å². The highest BCUT2D eigenvalue weighted by molar-refractivity contribution is 6.32. The number of ether oxygens (including phenoxy) is 1. The summed E-state index contributed by atoms with van der Waals surface area (Å²) in [6.45, 7) is 6.13. The van der Waals surface area contributed by atoms with Crippen molar-refractivity contribution < 1.29 is 9.15 Å². The van der Waals surface area contributed by atoms with Crippen LogP contribution in [0, 0.1) is 0 Å². The van der Waals surface area contributed by atoms with Crippen LogP contribution in [0.2, 0.25) is 5.02 Å². The summed E-state index contributed by atoms with van der Waals surface area (Å²) in [6, 6.07) is 4.60. The molecule has 7 heteroatoms. The quantitative estimate of drug-likeness (QED) is 0.917. The summed E-state index contributed by atoms with van der Waals surface area (Å²) in [7, 11) is 0. The Bertz CT molecular complexity index is 742. The second-order valence-electron chi connectivity index (χ2n) is 5.58. The number of aliphatic imine (C=N–C) groups is 1. The predicted octanol–water partition coefficient (Wildman–Crippen LogP) is 2.06. The summed E-state index contributed by atoms with van der Waals surface area (Å²) < 4.78 is 11.6. The van der Waals surface area contributed by atoms with Crippen LogP contribution in [0.5, 0.6) is 0 Å². The Morgan fingerprint density at radius 3 is 3.09 bits per heavy atom. The molecule has 2 aliphatic heterocycles. The van der Waals surface area contributed by atoms with Gasteiger partial charge in [0.2, 0.25) is 5.90 Å². The Labute approximate surface area is 133 Å². The number of hydrogen-bond acceptors (Lipinski definition) is 6. The van der Waals surface area contributed by atoms with Gasteiger partial charge in [-0.15, -0.1) is 0 Å². The summed E-state index contributed by atoms with van der Waals surface area (Å²) in [5.74, 6) is 0.587. The lowest BCUT2D eigenvalue weighted by molar-refractivity contribution is 0.348. The first-order valence-electron chi connectivity index (χ1n) is 7.47. The molecule has 4 rings (SSSR count). The van der Waals surface area contributed by atoms with E-state index in [2.05, 4.69) is 27.1 Å². The average Bonchev–Trinajstić information content (AvgIpc) is 3.15. The number of hydrogen-bond donors (Lipinski definition) is 1. The van der Waals surface area contributed by atoms with Crippen LogP contribution >= 0.6 is 11.6 Å². The van der Waals surface area contributed by atoms with Crippen molar-refractivity contribution in [2.45, 2.75) is 13.0 Å². The topological polar surface area (TPSA) is 62.9 Å². The summed E-state index contributed by atoms with van der Waals surface area (Å²) in [5.41, 5.74) is 2.20. The number of halogens is 1. The fourth-order valence-electron chi connectivity index (χ4n) is 2.89. The zero-order valence-corrected chi connectivity index (χ0v) is 13.1. The first-order chi connectivity index (χ1) is 10.7. The van der Waals surface area contributed by atoms with Crippen molar-refractivity contribution in [1.82, 2.24) is 10.3 Å². The molecule has 1 fully saturated rings. The number of aromatic nitrogens is 1. The van der Waals surface area contributed by atoms with E-state index in [1.165, 1.54) is 0 Å². The molecule has 0 unspecified atom stereocenters. The molecule has 2 aliphatic rings. The summed E-state index contributed by atoms with van der Waals surface area (Å²) in [4.78, 5) is 11.1. The fourth-order valence-corrected chi connectivity index (χ4v) is 3.10. The van der Waals surface area contributed by atoms with Crippen molar-refractivity contribution in [2.75, 3.05) is 37.7 Å². The maximum atomic E-state index is 6.21. The molecule has 1 atom stereocenters. The van der Waals surface area contributed by atoms with Gasteiger partial charge in [0.25, 0.3) is 6.01 Å². The van der Waals surface area contributed by atoms with Gasteiger partial charge in [-0.3, -0.25) is 0 Å². The number of nitrogens with zero attached hydrogens (tertiary/aromatic N) is 3. The molecule has 0 spiro atoms. The molecule has 0 amide bonds. The van der Waals surface area contributed by atoms with Crippen LogP contribution in [0.4, 0.5) is 6.01 Å². The van der Waals surface area contributed by atoms with Crippen LogP contribution < -0.4 is 10.2 Å². The lowest BCUT2D eigenvalue weighted by atomic mass is 10.2. The van der Waals surface area contributed by atoms with Crippen LogP contribution in [0.25, 0.3) is 11.1 Å². The van der Waals surface area contributed by atoms with Crippen molar-refractivity contribution >= 4 is 34.6 Å². The standard InChI is InChI=1S/C15H17ClN4O2/c1-9-8-17-2-4-20(9)15-19-12-7-10(16)6-11(13(12)22-15)14-18-3-5-21-14/h6-7,9,17H,2-5,8H2,1H3/t9-/m0/s1. The van der Waals surface area contributed by atoms with E-state index >= 15 is 0 Å². The first kappa shape index (κ1) is 13.8. The van der Waals surface area contributed by atoms with Gasteiger partial charge in [-0.2, -0.15) is 4.98 Å². The average molecular weight is 321 g/mol. The fraction of sp³-hybridized carbons (Fsp3) is 0.467. The van der Waals surface area contributed by atoms with E-state index in [1.54, 1.807) is 0 Å². The molecule has 3 heterocycles. The Kier molecular flexibility index (Phi) is 3.43. The molecular weight excluding hydrogens is 304 g/mol. The van der Waals surface area contributed by atoms with Gasteiger partial charge in [0, 0.05) is 30.7 Å². The van der Waals surface area contributed by atoms with Gasteiger partial charge in [-0.25, -0.2) is 4.99 Å². The highest BCUT2D eigenvalue weighted by Gasteiger charge is 2.25. The molecule has 6 nitrogen and oxygen atoms in total. The van der Waals surface area contributed by atoms with Crippen LogP contribution in [-0.4, -0.2) is 49.7 Å². The van der Waals surface area contributed by atoms with Crippen LogP contribution in [0.3, 0.4) is 0 Å². The third kappa shape index (κ3) is 2.32. The number of piperazine rings is 1. The normalized spacial score (nSPS) is 22.0. The smallest absolute Gasteiger partial charge is 0.298 e. The number of rotatable bonds is 2. The molecule has 1 aromatic heterocycles. The van der Waals surface area contributed by atoms with Gasteiger partial charge in [-0.05, 0) is 19.1 Å². The zero-order chi connectivity index (χ0) is 15.1. The van der Waals surface area contributed by atoms with Crippen molar-refractivity contribution in [3.05, 3.63) is 22.7 Å². The molecule has 1 saturated heterocycles. The van der Waals surface area contributed by atoms with E-state index in [9.17, 15) is 0 Å². The van der Waals surface area contributed by atoms with Crippen LogP contribution in [-0.2, 0) is 4.74 Å². The van der Waals surface area contributed by atoms with Gasteiger partial charge in [0.05, 0.1) is 12.1 Å². The maximum Gasteiger partial charge on any atom is 0.298 e. The SMILES string of the molecule is C[C@H]1CNCCN1c1nc2cc(Cl)cc(C3=NCCO3)c2o1. The highest BCUT2D eigenvalue weighted by atomic mass is 35.5. The zero-order valence-electron chi connectivity index (χ0n) is 12.3. The minimum absolute atomic E-state index is 0.334. The molecule has 0 bridgehead atoms. The molecule has 2 aromatic rings. The summed E-state index contributed by atoms with van der Waals surface area (Å²) in [6.07, 6.45) is 0. The Morgan fingerprint density at radius 2 is 2.32 bits per heavy atom. The molecule has 22 heavy (non-hydrogen) atoms. The Hall–Kier alpha value is -1.79. The maximum absolute atomic E-state index is 6.21. The Balaban J connectivity index is 1.81. The molecule has 0 radical (unpaired) electrons. The molecule has 1 aromatic carbocycles. The van der Waals surface area contributed by atoms with Gasteiger partial charge < -0.3 is 19.4 Å². The Morgan fingerprint density at radius 1 is 1.41 bits per heavy atom. The number of fused-ring (bicyclic) bond motifs is 1.